The largest absolute Gasteiger partial charge is 0.353 e. The Morgan fingerprint density at radius 2 is 2.31 bits per heavy atom. The van der Waals surface area contributed by atoms with Gasteiger partial charge >= 0.3 is 0 Å². The summed E-state index contributed by atoms with van der Waals surface area (Å²) in [5.41, 5.74) is 0. The summed E-state index contributed by atoms with van der Waals surface area (Å²) in [5.74, 6) is 0.880. The van der Waals surface area contributed by atoms with Gasteiger partial charge < -0.3 is 9.80 Å². The molecule has 1 aromatic rings. The third kappa shape index (κ3) is 2.27. The molecule has 0 aromatic carbocycles. The number of amides is 1. The molecule has 1 fully saturated rings. The third-order valence-corrected chi connectivity index (χ3v) is 3.05. The summed E-state index contributed by atoms with van der Waals surface area (Å²) in [5, 5.41) is 0.503. The highest BCUT2D eigenvalue weighted by Gasteiger charge is 2.22. The molecule has 0 saturated carbocycles. The van der Waals surface area contributed by atoms with Gasteiger partial charge in [-0.05, 0) is 19.1 Å². The lowest BCUT2D eigenvalue weighted by Gasteiger charge is -2.38. The molecular formula is C11H14ClN3O. The number of aromatic nitrogens is 1. The zero-order valence-electron chi connectivity index (χ0n) is 9.14. The Kier molecular flexibility index (Phi) is 3.29. The average molecular weight is 240 g/mol. The van der Waals surface area contributed by atoms with Gasteiger partial charge in [-0.15, -0.1) is 0 Å². The second-order valence-corrected chi connectivity index (χ2v) is 4.34. The molecule has 1 saturated heterocycles. The van der Waals surface area contributed by atoms with Gasteiger partial charge in [0, 0.05) is 25.7 Å². The van der Waals surface area contributed by atoms with E-state index in [-0.39, 0.29) is 6.04 Å². The van der Waals surface area contributed by atoms with Crippen LogP contribution < -0.4 is 4.90 Å². The quantitative estimate of drug-likeness (QED) is 0.578. The van der Waals surface area contributed by atoms with Crippen LogP contribution in [0, 0.1) is 0 Å². The normalized spacial score (nSPS) is 21.0. The summed E-state index contributed by atoms with van der Waals surface area (Å²) in [4.78, 5) is 19.0. The molecule has 0 N–H and O–H groups in total. The van der Waals surface area contributed by atoms with Gasteiger partial charge in [0.2, 0.25) is 6.41 Å². The van der Waals surface area contributed by atoms with E-state index in [1.807, 2.05) is 19.1 Å². The number of nitrogens with zero attached hydrogens (tertiary/aromatic N) is 3. The first-order chi connectivity index (χ1) is 7.70. The minimum absolute atomic E-state index is 0.215. The van der Waals surface area contributed by atoms with Crippen molar-refractivity contribution in [2.75, 3.05) is 24.5 Å². The zero-order chi connectivity index (χ0) is 11.5. The number of piperazine rings is 1. The minimum atomic E-state index is 0.215. The molecular weight excluding hydrogens is 226 g/mol. The number of pyridine rings is 1. The van der Waals surface area contributed by atoms with Crippen LogP contribution >= 0.6 is 11.6 Å². The predicted molar refractivity (Wildman–Crippen MR) is 63.7 cm³/mol. The Balaban J connectivity index is 2.10. The highest BCUT2D eigenvalue weighted by molar-refractivity contribution is 6.29. The van der Waals surface area contributed by atoms with Crippen molar-refractivity contribution in [3.63, 3.8) is 0 Å². The van der Waals surface area contributed by atoms with E-state index in [1.165, 1.54) is 0 Å². The van der Waals surface area contributed by atoms with Crippen molar-refractivity contribution in [3.8, 4) is 0 Å². The molecule has 1 atom stereocenters. The van der Waals surface area contributed by atoms with Crippen LogP contribution in [0.4, 0.5) is 5.82 Å². The standard InChI is InChI=1S/C11H14ClN3O/c1-9-7-14(5-6-15(9)8-16)11-4-2-3-10(12)13-11/h2-4,8-9H,5-7H2,1H3. The lowest BCUT2D eigenvalue weighted by atomic mass is 10.2. The SMILES string of the molecule is CC1CN(c2cccc(Cl)n2)CCN1C=O. The first-order valence-electron chi connectivity index (χ1n) is 5.29. The molecule has 2 heterocycles. The maximum absolute atomic E-state index is 10.7. The van der Waals surface area contributed by atoms with Crippen LogP contribution in [0.15, 0.2) is 18.2 Å². The fraction of sp³-hybridized carbons (Fsp3) is 0.455. The van der Waals surface area contributed by atoms with Crippen LogP contribution in [0.3, 0.4) is 0 Å². The second-order valence-electron chi connectivity index (χ2n) is 3.96. The molecule has 1 unspecified atom stereocenters. The van der Waals surface area contributed by atoms with Crippen molar-refractivity contribution in [3.05, 3.63) is 23.4 Å². The Morgan fingerprint density at radius 3 is 2.94 bits per heavy atom. The molecule has 4 nitrogen and oxygen atoms in total. The number of carbonyl (C=O) groups is 1. The van der Waals surface area contributed by atoms with Gasteiger partial charge in [-0.3, -0.25) is 4.79 Å². The summed E-state index contributed by atoms with van der Waals surface area (Å²) in [7, 11) is 0. The number of hydrogen-bond acceptors (Lipinski definition) is 3. The summed E-state index contributed by atoms with van der Waals surface area (Å²) in [6.45, 7) is 4.37. The molecule has 16 heavy (non-hydrogen) atoms. The monoisotopic (exact) mass is 239 g/mol. The molecule has 1 aliphatic heterocycles. The average Bonchev–Trinajstić information content (AvgIpc) is 2.29. The molecule has 1 aliphatic rings. The van der Waals surface area contributed by atoms with E-state index in [4.69, 9.17) is 11.6 Å². The summed E-state index contributed by atoms with van der Waals surface area (Å²) in [6.07, 6.45) is 0.910. The number of halogens is 1. The number of anilines is 1. The first-order valence-corrected chi connectivity index (χ1v) is 5.67. The molecule has 0 aliphatic carbocycles. The Morgan fingerprint density at radius 1 is 1.50 bits per heavy atom. The van der Waals surface area contributed by atoms with E-state index in [9.17, 15) is 4.79 Å². The fourth-order valence-electron chi connectivity index (χ4n) is 1.91. The van der Waals surface area contributed by atoms with Crippen molar-refractivity contribution >= 4 is 23.8 Å². The first kappa shape index (κ1) is 11.2. The van der Waals surface area contributed by atoms with Gasteiger partial charge in [-0.1, -0.05) is 17.7 Å². The summed E-state index contributed by atoms with van der Waals surface area (Å²) >= 11 is 5.85. The highest BCUT2D eigenvalue weighted by Crippen LogP contribution is 2.18. The maximum atomic E-state index is 10.7. The molecule has 0 bridgehead atoms. The second kappa shape index (κ2) is 4.70. The van der Waals surface area contributed by atoms with Crippen LogP contribution in [-0.2, 0) is 4.79 Å². The van der Waals surface area contributed by atoms with Crippen molar-refractivity contribution in [2.24, 2.45) is 0 Å². The fourth-order valence-corrected chi connectivity index (χ4v) is 2.07. The van der Waals surface area contributed by atoms with E-state index < -0.39 is 0 Å². The van der Waals surface area contributed by atoms with Crippen molar-refractivity contribution < 1.29 is 4.79 Å². The van der Waals surface area contributed by atoms with E-state index in [2.05, 4.69) is 9.88 Å². The van der Waals surface area contributed by atoms with E-state index in [0.717, 1.165) is 31.9 Å². The molecule has 0 radical (unpaired) electrons. The molecule has 1 aromatic heterocycles. The van der Waals surface area contributed by atoms with Gasteiger partial charge in [0.05, 0.1) is 0 Å². The Hall–Kier alpha value is -1.29. The molecule has 1 amide bonds. The lowest BCUT2D eigenvalue weighted by molar-refractivity contribution is -0.120. The topological polar surface area (TPSA) is 36.4 Å². The molecule has 86 valence electrons. The summed E-state index contributed by atoms with van der Waals surface area (Å²) in [6, 6.07) is 5.80. The minimum Gasteiger partial charge on any atom is -0.353 e. The van der Waals surface area contributed by atoms with Crippen molar-refractivity contribution in [1.29, 1.82) is 0 Å². The van der Waals surface area contributed by atoms with Gasteiger partial charge in [-0.25, -0.2) is 4.98 Å². The third-order valence-electron chi connectivity index (χ3n) is 2.84. The lowest BCUT2D eigenvalue weighted by Crippen LogP contribution is -2.51. The smallest absolute Gasteiger partial charge is 0.210 e. The molecule has 2 rings (SSSR count). The van der Waals surface area contributed by atoms with Gasteiger partial charge in [0.15, 0.2) is 0 Å². The van der Waals surface area contributed by atoms with Crippen molar-refractivity contribution in [1.82, 2.24) is 9.88 Å². The molecule has 5 heteroatoms. The van der Waals surface area contributed by atoms with E-state index in [0.29, 0.717) is 5.15 Å². The van der Waals surface area contributed by atoms with Gasteiger partial charge in [-0.2, -0.15) is 0 Å². The van der Waals surface area contributed by atoms with Gasteiger partial charge in [0.1, 0.15) is 11.0 Å². The van der Waals surface area contributed by atoms with Gasteiger partial charge in [0.25, 0.3) is 0 Å². The van der Waals surface area contributed by atoms with Crippen molar-refractivity contribution in [2.45, 2.75) is 13.0 Å². The number of hydrogen-bond donors (Lipinski definition) is 0. The van der Waals surface area contributed by atoms with E-state index in [1.54, 1.807) is 11.0 Å². The Labute approximate surface area is 99.8 Å². The molecule has 0 spiro atoms. The predicted octanol–water partition coefficient (Wildman–Crippen LogP) is 1.40. The number of rotatable bonds is 2. The highest BCUT2D eigenvalue weighted by atomic mass is 35.5. The maximum Gasteiger partial charge on any atom is 0.210 e. The van der Waals surface area contributed by atoms with Crippen LogP contribution in [0.1, 0.15) is 6.92 Å². The van der Waals surface area contributed by atoms with Crippen LogP contribution in [0.2, 0.25) is 5.15 Å². The van der Waals surface area contributed by atoms with Crippen LogP contribution in [0.25, 0.3) is 0 Å². The zero-order valence-corrected chi connectivity index (χ0v) is 9.89. The Bertz CT molecular complexity index is 385. The van der Waals surface area contributed by atoms with Crippen LogP contribution in [0.5, 0.6) is 0 Å². The number of carbonyl (C=O) groups excluding carboxylic acids is 1. The summed E-state index contributed by atoms with van der Waals surface area (Å²) < 4.78 is 0. The van der Waals surface area contributed by atoms with Crippen LogP contribution in [-0.4, -0.2) is 42.0 Å². The van der Waals surface area contributed by atoms with E-state index >= 15 is 0 Å².